The molecule has 2 aromatic rings. The molecular weight excluding hydrogens is 321 g/mol. The van der Waals surface area contributed by atoms with Gasteiger partial charge < -0.3 is 5.11 Å². The summed E-state index contributed by atoms with van der Waals surface area (Å²) in [4.78, 5) is 14.7. The van der Waals surface area contributed by atoms with Gasteiger partial charge in [0.1, 0.15) is 10.3 Å². The molecule has 1 saturated carbocycles. The van der Waals surface area contributed by atoms with E-state index in [1.807, 2.05) is 24.3 Å². The van der Waals surface area contributed by atoms with Crippen LogP contribution in [0.3, 0.4) is 0 Å². The number of pyridine rings is 1. The lowest BCUT2D eigenvalue weighted by molar-refractivity contribution is -0.138. The molecule has 0 spiro atoms. The molecule has 0 aliphatic heterocycles. The van der Waals surface area contributed by atoms with Gasteiger partial charge in [0, 0.05) is 11.1 Å². The number of hydrogen-bond acceptors (Lipinski definition) is 2. The van der Waals surface area contributed by atoms with Crippen molar-refractivity contribution in [1.82, 2.24) is 4.98 Å². The van der Waals surface area contributed by atoms with Crippen molar-refractivity contribution in [3.63, 3.8) is 0 Å². The Bertz CT molecular complexity index is 770. The van der Waals surface area contributed by atoms with Gasteiger partial charge in [0.05, 0.1) is 5.92 Å². The van der Waals surface area contributed by atoms with E-state index in [-0.39, 0.29) is 11.8 Å². The first-order chi connectivity index (χ1) is 10.5. The lowest BCUT2D eigenvalue weighted by Crippen LogP contribution is -1.98. The first-order valence-electron chi connectivity index (χ1n) is 6.71. The maximum absolute atomic E-state index is 10.9. The highest BCUT2D eigenvalue weighted by atomic mass is 35.5. The second kappa shape index (κ2) is 6.00. The van der Waals surface area contributed by atoms with Crippen LogP contribution < -0.4 is 0 Å². The fraction of sp³-hybridized carbons (Fsp3) is 0.176. The Morgan fingerprint density at radius 1 is 1.09 bits per heavy atom. The van der Waals surface area contributed by atoms with Gasteiger partial charge in [-0.1, -0.05) is 47.2 Å². The minimum absolute atomic E-state index is 0.136. The molecule has 1 aliphatic carbocycles. The number of aliphatic carboxylic acids is 1. The third-order valence-corrected chi connectivity index (χ3v) is 3.95. The molecular formula is C17H11Cl2NO2. The van der Waals surface area contributed by atoms with E-state index < -0.39 is 5.97 Å². The molecule has 1 heterocycles. The second-order valence-electron chi connectivity index (χ2n) is 5.16. The Labute approximate surface area is 137 Å². The van der Waals surface area contributed by atoms with E-state index in [0.29, 0.717) is 22.3 Å². The number of nitrogens with zero attached hydrogens (tertiary/aromatic N) is 1. The molecule has 3 nitrogen and oxygen atoms in total. The molecule has 0 unspecified atom stereocenters. The van der Waals surface area contributed by atoms with Gasteiger partial charge >= 0.3 is 5.97 Å². The molecule has 2 atom stereocenters. The Morgan fingerprint density at radius 2 is 1.68 bits per heavy atom. The van der Waals surface area contributed by atoms with Gasteiger partial charge in [0.25, 0.3) is 0 Å². The predicted octanol–water partition coefficient (Wildman–Crippen LogP) is 3.98. The molecule has 1 fully saturated rings. The van der Waals surface area contributed by atoms with Crippen molar-refractivity contribution in [3.8, 4) is 11.8 Å². The van der Waals surface area contributed by atoms with Crippen molar-refractivity contribution in [2.24, 2.45) is 5.92 Å². The monoisotopic (exact) mass is 331 g/mol. The van der Waals surface area contributed by atoms with Crippen molar-refractivity contribution in [1.29, 1.82) is 0 Å². The van der Waals surface area contributed by atoms with Crippen molar-refractivity contribution < 1.29 is 9.90 Å². The molecule has 22 heavy (non-hydrogen) atoms. The number of carboxylic acid groups (broad SMARTS) is 1. The van der Waals surface area contributed by atoms with Crippen LogP contribution in [-0.2, 0) is 4.79 Å². The van der Waals surface area contributed by atoms with Gasteiger partial charge in [-0.05, 0) is 42.2 Å². The minimum atomic E-state index is -0.722. The van der Waals surface area contributed by atoms with Gasteiger partial charge in [-0.25, -0.2) is 4.98 Å². The quantitative estimate of drug-likeness (QED) is 0.669. The number of carboxylic acids is 1. The molecule has 110 valence electrons. The van der Waals surface area contributed by atoms with E-state index in [4.69, 9.17) is 28.3 Å². The van der Waals surface area contributed by atoms with Crippen molar-refractivity contribution in [2.45, 2.75) is 12.3 Å². The van der Waals surface area contributed by atoms with Crippen LogP contribution in [0.25, 0.3) is 0 Å². The number of rotatable bonds is 2. The number of hydrogen-bond donors (Lipinski definition) is 1. The van der Waals surface area contributed by atoms with Crippen LogP contribution in [0.2, 0.25) is 10.3 Å². The summed E-state index contributed by atoms with van der Waals surface area (Å²) in [6, 6.07) is 11.0. The van der Waals surface area contributed by atoms with Crippen molar-refractivity contribution in [2.75, 3.05) is 0 Å². The first kappa shape index (κ1) is 14.9. The zero-order valence-corrected chi connectivity index (χ0v) is 12.9. The third kappa shape index (κ3) is 3.41. The van der Waals surface area contributed by atoms with Crippen LogP contribution >= 0.6 is 23.2 Å². The van der Waals surface area contributed by atoms with Gasteiger partial charge in [-0.3, -0.25) is 4.79 Å². The third-order valence-electron chi connectivity index (χ3n) is 3.56. The normalized spacial score (nSPS) is 19.2. The summed E-state index contributed by atoms with van der Waals surface area (Å²) in [7, 11) is 0. The number of benzene rings is 1. The van der Waals surface area contributed by atoms with Crippen LogP contribution in [0.15, 0.2) is 36.4 Å². The molecule has 1 aromatic carbocycles. The van der Waals surface area contributed by atoms with Crippen molar-refractivity contribution >= 4 is 29.2 Å². The zero-order chi connectivity index (χ0) is 15.7. The van der Waals surface area contributed by atoms with Gasteiger partial charge in [-0.15, -0.1) is 0 Å². The van der Waals surface area contributed by atoms with Crippen LogP contribution in [0, 0.1) is 17.8 Å². The molecule has 3 rings (SSSR count). The first-order valence-corrected chi connectivity index (χ1v) is 7.46. The average Bonchev–Trinajstić information content (AvgIpc) is 3.25. The van der Waals surface area contributed by atoms with E-state index in [1.54, 1.807) is 12.1 Å². The zero-order valence-electron chi connectivity index (χ0n) is 11.4. The topological polar surface area (TPSA) is 50.2 Å². The van der Waals surface area contributed by atoms with E-state index in [0.717, 1.165) is 11.1 Å². The molecule has 1 aliphatic rings. The smallest absolute Gasteiger partial charge is 0.307 e. The Kier molecular flexibility index (Phi) is 4.06. The summed E-state index contributed by atoms with van der Waals surface area (Å²) in [6.07, 6.45) is 0.717. The summed E-state index contributed by atoms with van der Waals surface area (Å²) >= 11 is 11.6. The largest absolute Gasteiger partial charge is 0.481 e. The highest BCUT2D eigenvalue weighted by molar-refractivity contribution is 6.32. The summed E-state index contributed by atoms with van der Waals surface area (Å²) in [5, 5.41) is 9.56. The fourth-order valence-corrected chi connectivity index (χ4v) is 2.79. The maximum atomic E-state index is 10.9. The Morgan fingerprint density at radius 3 is 2.23 bits per heavy atom. The van der Waals surface area contributed by atoms with Gasteiger partial charge in [0.15, 0.2) is 0 Å². The SMILES string of the molecule is O=C(O)[C@@H]1C[C@H]1c1ccc(C#Cc2cc(Cl)nc(Cl)c2)cc1. The van der Waals surface area contributed by atoms with E-state index in [2.05, 4.69) is 16.8 Å². The highest BCUT2D eigenvalue weighted by Gasteiger charge is 2.43. The summed E-state index contributed by atoms with van der Waals surface area (Å²) in [5.74, 6) is 5.18. The van der Waals surface area contributed by atoms with Crippen LogP contribution in [0.1, 0.15) is 29.0 Å². The van der Waals surface area contributed by atoms with E-state index >= 15 is 0 Å². The van der Waals surface area contributed by atoms with E-state index in [9.17, 15) is 4.79 Å². The molecule has 0 bridgehead atoms. The maximum Gasteiger partial charge on any atom is 0.307 e. The Hall–Kier alpha value is -2.02. The molecule has 0 radical (unpaired) electrons. The number of carbonyl (C=O) groups is 1. The average molecular weight is 332 g/mol. The molecule has 1 aromatic heterocycles. The molecule has 1 N–H and O–H groups in total. The summed E-state index contributed by atoms with van der Waals surface area (Å²) in [6.45, 7) is 0. The van der Waals surface area contributed by atoms with E-state index in [1.165, 1.54) is 0 Å². The second-order valence-corrected chi connectivity index (χ2v) is 5.93. The highest BCUT2D eigenvalue weighted by Crippen LogP contribution is 2.47. The molecule has 0 amide bonds. The summed E-state index contributed by atoms with van der Waals surface area (Å²) in [5.41, 5.74) is 2.59. The molecule has 5 heteroatoms. The van der Waals surface area contributed by atoms with Gasteiger partial charge in [-0.2, -0.15) is 0 Å². The van der Waals surface area contributed by atoms with Crippen molar-refractivity contribution in [3.05, 3.63) is 63.4 Å². The number of halogens is 2. The van der Waals surface area contributed by atoms with Gasteiger partial charge in [0.2, 0.25) is 0 Å². The van der Waals surface area contributed by atoms with Crippen LogP contribution in [0.4, 0.5) is 0 Å². The molecule has 0 saturated heterocycles. The van der Waals surface area contributed by atoms with Crippen LogP contribution in [-0.4, -0.2) is 16.1 Å². The lowest BCUT2D eigenvalue weighted by Gasteiger charge is -1.98. The minimum Gasteiger partial charge on any atom is -0.481 e. The number of aromatic nitrogens is 1. The lowest BCUT2D eigenvalue weighted by atomic mass is 10.1. The standard InChI is InChI=1S/C17H11Cl2NO2/c18-15-7-11(8-16(19)20-15)2-1-10-3-5-12(6-4-10)13-9-14(13)17(21)22/h3-8,13-14H,9H2,(H,21,22)/t13-,14+/m0/s1. The fourth-order valence-electron chi connectivity index (χ4n) is 2.33. The summed E-state index contributed by atoms with van der Waals surface area (Å²) < 4.78 is 0. The van der Waals surface area contributed by atoms with Crippen LogP contribution in [0.5, 0.6) is 0 Å². The Balaban J connectivity index is 1.75. The predicted molar refractivity (Wildman–Crippen MR) is 85.2 cm³/mol.